The zero-order chi connectivity index (χ0) is 15.6. The van der Waals surface area contributed by atoms with E-state index in [9.17, 15) is 13.2 Å². The molecule has 21 heavy (non-hydrogen) atoms. The van der Waals surface area contributed by atoms with Gasteiger partial charge in [0.15, 0.2) is 11.6 Å². The van der Waals surface area contributed by atoms with Crippen LogP contribution in [-0.2, 0) is 0 Å². The quantitative estimate of drug-likeness (QED) is 0.850. The molecule has 2 nitrogen and oxygen atoms in total. The molecule has 1 aromatic carbocycles. The van der Waals surface area contributed by atoms with Crippen molar-refractivity contribution in [1.29, 1.82) is 0 Å². The van der Waals surface area contributed by atoms with Crippen molar-refractivity contribution in [3.8, 4) is 0 Å². The SMILES string of the molecule is CCC1CNC(CC)(CC)CN1c1cc(F)cc(F)c1F. The molecule has 1 heterocycles. The fraction of sp³-hybridized carbons (Fsp3) is 0.625. The van der Waals surface area contributed by atoms with Gasteiger partial charge in [-0.25, -0.2) is 13.2 Å². The molecule has 1 N–H and O–H groups in total. The normalized spacial score (nSPS) is 21.6. The smallest absolute Gasteiger partial charge is 0.182 e. The van der Waals surface area contributed by atoms with Crippen molar-refractivity contribution < 1.29 is 13.2 Å². The van der Waals surface area contributed by atoms with Crippen molar-refractivity contribution in [1.82, 2.24) is 5.32 Å². The van der Waals surface area contributed by atoms with Crippen LogP contribution < -0.4 is 10.2 Å². The highest BCUT2D eigenvalue weighted by Crippen LogP contribution is 2.31. The fourth-order valence-corrected chi connectivity index (χ4v) is 3.08. The van der Waals surface area contributed by atoms with Gasteiger partial charge < -0.3 is 10.2 Å². The first-order valence-corrected chi connectivity index (χ1v) is 7.62. The molecular formula is C16H23F3N2. The summed E-state index contributed by atoms with van der Waals surface area (Å²) >= 11 is 0. The van der Waals surface area contributed by atoms with E-state index in [1.807, 2.05) is 11.8 Å². The van der Waals surface area contributed by atoms with Crippen molar-refractivity contribution in [2.45, 2.75) is 51.6 Å². The number of benzene rings is 1. The van der Waals surface area contributed by atoms with Gasteiger partial charge in [-0.15, -0.1) is 0 Å². The van der Waals surface area contributed by atoms with Crippen LogP contribution in [0.25, 0.3) is 0 Å². The highest BCUT2D eigenvalue weighted by Gasteiger charge is 2.37. The Morgan fingerprint density at radius 3 is 2.43 bits per heavy atom. The molecule has 0 radical (unpaired) electrons. The van der Waals surface area contributed by atoms with Gasteiger partial charge in [-0.2, -0.15) is 0 Å². The number of hydrogen-bond acceptors (Lipinski definition) is 2. The molecule has 0 bridgehead atoms. The van der Waals surface area contributed by atoms with E-state index in [2.05, 4.69) is 19.2 Å². The highest BCUT2D eigenvalue weighted by molar-refractivity contribution is 5.51. The van der Waals surface area contributed by atoms with Gasteiger partial charge in [0.2, 0.25) is 0 Å². The van der Waals surface area contributed by atoms with Crippen molar-refractivity contribution in [3.05, 3.63) is 29.6 Å². The molecule has 0 spiro atoms. The Labute approximate surface area is 124 Å². The molecule has 0 aromatic heterocycles. The number of rotatable bonds is 4. The standard InChI is InChI=1S/C16H23F3N2/c1-4-12-9-20-16(5-2,6-3)10-21(12)14-8-11(17)7-13(18)15(14)19/h7-8,12,20H,4-6,9-10H2,1-3H3. The summed E-state index contributed by atoms with van der Waals surface area (Å²) in [5.41, 5.74) is -0.104. The second kappa shape index (κ2) is 6.26. The molecule has 2 rings (SSSR count). The predicted molar refractivity (Wildman–Crippen MR) is 79.1 cm³/mol. The molecule has 1 saturated heterocycles. The minimum absolute atomic E-state index is 0.0342. The van der Waals surface area contributed by atoms with Crippen LogP contribution in [0, 0.1) is 17.5 Å². The van der Waals surface area contributed by atoms with E-state index in [4.69, 9.17) is 0 Å². The second-order valence-electron chi connectivity index (χ2n) is 5.78. The van der Waals surface area contributed by atoms with Crippen molar-refractivity contribution >= 4 is 5.69 Å². The molecule has 1 aromatic rings. The van der Waals surface area contributed by atoms with Crippen LogP contribution in [0.4, 0.5) is 18.9 Å². The first-order valence-electron chi connectivity index (χ1n) is 7.62. The van der Waals surface area contributed by atoms with E-state index < -0.39 is 17.5 Å². The van der Waals surface area contributed by atoms with Gasteiger partial charge in [0.1, 0.15) is 5.82 Å². The molecule has 1 atom stereocenters. The van der Waals surface area contributed by atoms with Crippen LogP contribution in [0.2, 0.25) is 0 Å². The third-order valence-electron chi connectivity index (χ3n) is 4.73. The number of anilines is 1. The molecule has 5 heteroatoms. The maximum Gasteiger partial charge on any atom is 0.182 e. The van der Waals surface area contributed by atoms with Crippen LogP contribution >= 0.6 is 0 Å². The first kappa shape index (κ1) is 16.1. The lowest BCUT2D eigenvalue weighted by Gasteiger charge is -2.48. The minimum Gasteiger partial charge on any atom is -0.363 e. The lowest BCUT2D eigenvalue weighted by Crippen LogP contribution is -2.64. The number of nitrogens with zero attached hydrogens (tertiary/aromatic N) is 1. The van der Waals surface area contributed by atoms with Gasteiger partial charge in [-0.05, 0) is 19.3 Å². The molecular weight excluding hydrogens is 277 g/mol. The van der Waals surface area contributed by atoms with Crippen LogP contribution in [0.3, 0.4) is 0 Å². The summed E-state index contributed by atoms with van der Waals surface area (Å²) in [5, 5.41) is 3.53. The van der Waals surface area contributed by atoms with Gasteiger partial charge in [0.25, 0.3) is 0 Å². The Morgan fingerprint density at radius 1 is 1.19 bits per heavy atom. The lowest BCUT2D eigenvalue weighted by molar-refractivity contribution is 0.244. The molecule has 0 amide bonds. The molecule has 1 fully saturated rings. The highest BCUT2D eigenvalue weighted by atomic mass is 19.2. The summed E-state index contributed by atoms with van der Waals surface area (Å²) in [6, 6.07) is 1.73. The zero-order valence-electron chi connectivity index (χ0n) is 12.8. The number of hydrogen-bond donors (Lipinski definition) is 1. The monoisotopic (exact) mass is 300 g/mol. The summed E-state index contributed by atoms with van der Waals surface area (Å²) < 4.78 is 41.2. The summed E-state index contributed by atoms with van der Waals surface area (Å²) in [7, 11) is 0. The molecule has 1 aliphatic heterocycles. The summed E-state index contributed by atoms with van der Waals surface area (Å²) in [6.45, 7) is 7.39. The van der Waals surface area contributed by atoms with Gasteiger partial charge in [0.05, 0.1) is 5.69 Å². The molecule has 0 aliphatic carbocycles. The predicted octanol–water partition coefficient (Wildman–Crippen LogP) is 3.85. The Balaban J connectivity index is 2.42. The van der Waals surface area contributed by atoms with Crippen molar-refractivity contribution in [2.75, 3.05) is 18.0 Å². The third-order valence-corrected chi connectivity index (χ3v) is 4.73. The summed E-state index contributed by atoms with van der Waals surface area (Å²) in [6.07, 6.45) is 2.56. The van der Waals surface area contributed by atoms with E-state index >= 15 is 0 Å². The van der Waals surface area contributed by atoms with Crippen LogP contribution in [0.15, 0.2) is 12.1 Å². The lowest BCUT2D eigenvalue weighted by atomic mass is 9.87. The summed E-state index contributed by atoms with van der Waals surface area (Å²) in [5.74, 6) is -2.83. The molecule has 1 aliphatic rings. The average molecular weight is 300 g/mol. The van der Waals surface area contributed by atoms with E-state index in [0.29, 0.717) is 19.2 Å². The van der Waals surface area contributed by atoms with Gasteiger partial charge >= 0.3 is 0 Å². The van der Waals surface area contributed by atoms with Crippen LogP contribution in [-0.4, -0.2) is 24.7 Å². The Kier molecular flexibility index (Phi) is 4.81. The Hall–Kier alpha value is -1.23. The average Bonchev–Trinajstić information content (AvgIpc) is 2.50. The number of halogens is 3. The van der Waals surface area contributed by atoms with Gasteiger partial charge in [-0.3, -0.25) is 0 Å². The zero-order valence-corrected chi connectivity index (χ0v) is 12.8. The van der Waals surface area contributed by atoms with Gasteiger partial charge in [-0.1, -0.05) is 20.8 Å². The van der Waals surface area contributed by atoms with E-state index in [0.717, 1.165) is 25.3 Å². The van der Waals surface area contributed by atoms with Crippen molar-refractivity contribution in [2.24, 2.45) is 0 Å². The maximum absolute atomic E-state index is 14.1. The van der Waals surface area contributed by atoms with Crippen LogP contribution in [0.1, 0.15) is 40.0 Å². The van der Waals surface area contributed by atoms with Crippen LogP contribution in [0.5, 0.6) is 0 Å². The number of piperazine rings is 1. The topological polar surface area (TPSA) is 15.3 Å². The second-order valence-corrected chi connectivity index (χ2v) is 5.78. The number of nitrogens with one attached hydrogen (secondary N) is 1. The van der Waals surface area contributed by atoms with E-state index in [1.54, 1.807) is 0 Å². The van der Waals surface area contributed by atoms with E-state index in [1.165, 1.54) is 0 Å². The Bertz CT molecular complexity index is 501. The molecule has 118 valence electrons. The first-order chi connectivity index (χ1) is 9.96. The fourth-order valence-electron chi connectivity index (χ4n) is 3.08. The largest absolute Gasteiger partial charge is 0.363 e. The van der Waals surface area contributed by atoms with Crippen molar-refractivity contribution in [3.63, 3.8) is 0 Å². The minimum atomic E-state index is -1.13. The Morgan fingerprint density at radius 2 is 1.86 bits per heavy atom. The molecule has 0 saturated carbocycles. The summed E-state index contributed by atoms with van der Waals surface area (Å²) in [4.78, 5) is 1.82. The molecule has 1 unspecified atom stereocenters. The van der Waals surface area contributed by atoms with Gasteiger partial charge in [0, 0.05) is 36.8 Å². The third kappa shape index (κ3) is 3.03. The maximum atomic E-state index is 14.1. The van der Waals surface area contributed by atoms with E-state index in [-0.39, 0.29) is 17.3 Å².